The van der Waals surface area contributed by atoms with Gasteiger partial charge in [0.25, 0.3) is 0 Å². The summed E-state index contributed by atoms with van der Waals surface area (Å²) in [5.74, 6) is 2.75. The standard InChI is InChI=1S/C22H26N6O3S/c1-16-13-19(17(2)12-18(16)31-3)32(29,30)28-10-8-27(9-11-28)22-14-21(24-15-25-22)26-20-6-4-5-7-23-20/h4-7,12-15H,8-11H2,1-3H3,(H,23,24,25,26). The van der Waals surface area contributed by atoms with E-state index >= 15 is 0 Å². The third-order valence-electron chi connectivity index (χ3n) is 5.45. The average Bonchev–Trinajstić information content (AvgIpc) is 2.81. The molecule has 0 atom stereocenters. The summed E-state index contributed by atoms with van der Waals surface area (Å²) < 4.78 is 33.4. The molecule has 1 aliphatic heterocycles. The summed E-state index contributed by atoms with van der Waals surface area (Å²) in [6.45, 7) is 5.46. The molecule has 1 fully saturated rings. The Morgan fingerprint density at radius 1 is 0.938 bits per heavy atom. The summed E-state index contributed by atoms with van der Waals surface area (Å²) >= 11 is 0. The van der Waals surface area contributed by atoms with Gasteiger partial charge in [-0.05, 0) is 49.2 Å². The zero-order valence-electron chi connectivity index (χ0n) is 18.3. The predicted octanol–water partition coefficient (Wildman–Crippen LogP) is 2.75. The second kappa shape index (κ2) is 9.09. The number of aromatic nitrogens is 3. The number of pyridine rings is 1. The van der Waals surface area contributed by atoms with Gasteiger partial charge >= 0.3 is 0 Å². The van der Waals surface area contributed by atoms with Gasteiger partial charge in [0.05, 0.1) is 12.0 Å². The largest absolute Gasteiger partial charge is 0.496 e. The second-order valence-electron chi connectivity index (χ2n) is 7.58. The molecule has 0 spiro atoms. The van der Waals surface area contributed by atoms with E-state index in [4.69, 9.17) is 4.74 Å². The number of hydrogen-bond donors (Lipinski definition) is 1. The molecule has 0 unspecified atom stereocenters. The van der Waals surface area contributed by atoms with Crippen molar-refractivity contribution in [1.29, 1.82) is 0 Å². The number of methoxy groups -OCH3 is 1. The van der Waals surface area contributed by atoms with E-state index in [0.29, 0.717) is 54.0 Å². The molecular formula is C22H26N6O3S. The Labute approximate surface area is 188 Å². The minimum absolute atomic E-state index is 0.327. The highest BCUT2D eigenvalue weighted by Crippen LogP contribution is 2.29. The van der Waals surface area contributed by atoms with E-state index in [2.05, 4.69) is 25.2 Å². The van der Waals surface area contributed by atoms with Gasteiger partial charge < -0.3 is 15.0 Å². The van der Waals surface area contributed by atoms with Gasteiger partial charge in [-0.15, -0.1) is 0 Å². The molecule has 32 heavy (non-hydrogen) atoms. The molecule has 1 aliphatic rings. The second-order valence-corrected chi connectivity index (χ2v) is 9.49. The summed E-state index contributed by atoms with van der Waals surface area (Å²) in [6, 6.07) is 10.9. The van der Waals surface area contributed by atoms with E-state index in [1.165, 1.54) is 10.6 Å². The lowest BCUT2D eigenvalue weighted by molar-refractivity contribution is 0.383. The molecule has 9 nitrogen and oxygen atoms in total. The van der Waals surface area contributed by atoms with Crippen molar-refractivity contribution >= 4 is 27.5 Å². The van der Waals surface area contributed by atoms with E-state index in [9.17, 15) is 8.42 Å². The molecule has 1 saturated heterocycles. The summed E-state index contributed by atoms with van der Waals surface area (Å²) in [7, 11) is -2.01. The normalized spacial score (nSPS) is 14.9. The van der Waals surface area contributed by atoms with Crippen LogP contribution in [0.3, 0.4) is 0 Å². The number of rotatable bonds is 6. The number of hydrogen-bond acceptors (Lipinski definition) is 8. The first-order chi connectivity index (χ1) is 15.4. The van der Waals surface area contributed by atoms with Crippen LogP contribution in [0.25, 0.3) is 0 Å². The zero-order valence-corrected chi connectivity index (χ0v) is 19.1. The number of sulfonamides is 1. The Morgan fingerprint density at radius 3 is 2.41 bits per heavy atom. The fourth-order valence-corrected chi connectivity index (χ4v) is 5.43. The van der Waals surface area contributed by atoms with E-state index in [1.807, 2.05) is 31.2 Å². The first-order valence-corrected chi connectivity index (χ1v) is 11.7. The van der Waals surface area contributed by atoms with Crippen LogP contribution in [0.4, 0.5) is 17.5 Å². The van der Waals surface area contributed by atoms with Gasteiger partial charge in [-0.25, -0.2) is 23.4 Å². The molecule has 0 saturated carbocycles. The third-order valence-corrected chi connectivity index (χ3v) is 7.49. The van der Waals surface area contributed by atoms with E-state index in [-0.39, 0.29) is 0 Å². The van der Waals surface area contributed by atoms with Crippen LogP contribution in [0.15, 0.2) is 53.8 Å². The molecule has 0 aliphatic carbocycles. The molecule has 0 amide bonds. The number of benzene rings is 1. The van der Waals surface area contributed by atoms with E-state index in [0.717, 1.165) is 11.4 Å². The van der Waals surface area contributed by atoms with Crippen molar-refractivity contribution in [2.75, 3.05) is 43.5 Å². The number of nitrogens with zero attached hydrogens (tertiary/aromatic N) is 5. The Kier molecular flexibility index (Phi) is 6.24. The summed E-state index contributed by atoms with van der Waals surface area (Å²) in [5.41, 5.74) is 1.47. The van der Waals surface area contributed by atoms with Crippen LogP contribution in [0.5, 0.6) is 5.75 Å². The quantitative estimate of drug-likeness (QED) is 0.607. The maximum atomic E-state index is 13.3. The Balaban J connectivity index is 1.46. The van der Waals surface area contributed by atoms with Gasteiger partial charge in [-0.1, -0.05) is 6.07 Å². The van der Waals surface area contributed by atoms with Crippen molar-refractivity contribution in [3.63, 3.8) is 0 Å². The van der Waals surface area contributed by atoms with Crippen molar-refractivity contribution in [3.05, 3.63) is 60.0 Å². The summed E-state index contributed by atoms with van der Waals surface area (Å²) in [5, 5.41) is 3.15. The average molecular weight is 455 g/mol. The molecule has 0 radical (unpaired) electrons. The van der Waals surface area contributed by atoms with Gasteiger partial charge in [0.1, 0.15) is 29.5 Å². The van der Waals surface area contributed by atoms with Gasteiger partial charge in [-0.2, -0.15) is 4.31 Å². The molecule has 1 aromatic carbocycles. The number of aryl methyl sites for hydroxylation is 2. The fraction of sp³-hybridized carbons (Fsp3) is 0.318. The minimum atomic E-state index is -3.60. The monoisotopic (exact) mass is 454 g/mol. The molecule has 10 heteroatoms. The minimum Gasteiger partial charge on any atom is -0.496 e. The maximum absolute atomic E-state index is 13.3. The lowest BCUT2D eigenvalue weighted by atomic mass is 10.1. The Bertz CT molecular complexity index is 1200. The first kappa shape index (κ1) is 22.0. The number of nitrogens with one attached hydrogen (secondary N) is 1. The van der Waals surface area contributed by atoms with Crippen LogP contribution < -0.4 is 15.0 Å². The summed E-state index contributed by atoms with van der Waals surface area (Å²) in [6.07, 6.45) is 3.20. The van der Waals surface area contributed by atoms with Crippen LogP contribution in [0.1, 0.15) is 11.1 Å². The highest BCUT2D eigenvalue weighted by molar-refractivity contribution is 7.89. The van der Waals surface area contributed by atoms with Crippen molar-refractivity contribution in [2.45, 2.75) is 18.7 Å². The van der Waals surface area contributed by atoms with Crippen molar-refractivity contribution in [2.24, 2.45) is 0 Å². The van der Waals surface area contributed by atoms with Crippen LogP contribution in [-0.2, 0) is 10.0 Å². The topological polar surface area (TPSA) is 101 Å². The molecule has 3 heterocycles. The molecular weight excluding hydrogens is 428 g/mol. The Hall–Kier alpha value is -3.24. The summed E-state index contributed by atoms with van der Waals surface area (Å²) in [4.78, 5) is 15.2. The maximum Gasteiger partial charge on any atom is 0.243 e. The highest BCUT2D eigenvalue weighted by Gasteiger charge is 2.30. The first-order valence-electron chi connectivity index (χ1n) is 10.3. The number of piperazine rings is 1. The lowest BCUT2D eigenvalue weighted by Crippen LogP contribution is -2.49. The third kappa shape index (κ3) is 4.51. The number of anilines is 3. The van der Waals surface area contributed by atoms with Crippen LogP contribution in [-0.4, -0.2) is 61.0 Å². The smallest absolute Gasteiger partial charge is 0.243 e. The van der Waals surface area contributed by atoms with Crippen molar-refractivity contribution in [3.8, 4) is 5.75 Å². The van der Waals surface area contributed by atoms with Crippen LogP contribution in [0, 0.1) is 13.8 Å². The fourth-order valence-electron chi connectivity index (χ4n) is 3.71. The Morgan fingerprint density at radius 2 is 1.72 bits per heavy atom. The highest BCUT2D eigenvalue weighted by atomic mass is 32.2. The van der Waals surface area contributed by atoms with Crippen molar-refractivity contribution in [1.82, 2.24) is 19.3 Å². The zero-order chi connectivity index (χ0) is 22.7. The lowest BCUT2D eigenvalue weighted by Gasteiger charge is -2.35. The van der Waals surface area contributed by atoms with E-state index in [1.54, 1.807) is 32.4 Å². The predicted molar refractivity (Wildman–Crippen MR) is 123 cm³/mol. The number of ether oxygens (including phenoxy) is 1. The molecule has 3 aromatic rings. The van der Waals surface area contributed by atoms with Gasteiger partial charge in [0, 0.05) is 38.4 Å². The molecule has 1 N–H and O–H groups in total. The van der Waals surface area contributed by atoms with Gasteiger partial charge in [-0.3, -0.25) is 0 Å². The SMILES string of the molecule is COc1cc(C)c(S(=O)(=O)N2CCN(c3cc(Nc4ccccn4)ncn3)CC2)cc1C. The molecule has 4 rings (SSSR count). The van der Waals surface area contributed by atoms with Crippen molar-refractivity contribution < 1.29 is 13.2 Å². The molecule has 0 bridgehead atoms. The van der Waals surface area contributed by atoms with Gasteiger partial charge in [0.15, 0.2) is 0 Å². The van der Waals surface area contributed by atoms with Crippen LogP contribution in [0.2, 0.25) is 0 Å². The molecule has 2 aromatic heterocycles. The van der Waals surface area contributed by atoms with Gasteiger partial charge in [0.2, 0.25) is 10.0 Å². The molecule has 168 valence electrons. The van der Waals surface area contributed by atoms with Crippen LogP contribution >= 0.6 is 0 Å². The van der Waals surface area contributed by atoms with E-state index < -0.39 is 10.0 Å².